The average molecular weight is 429 g/mol. The molecule has 2 amide bonds. The molecule has 4 saturated carbocycles. The van der Waals surface area contributed by atoms with E-state index in [1.807, 2.05) is 0 Å². The molecule has 4 fully saturated rings. The van der Waals surface area contributed by atoms with Crippen LogP contribution in [0.2, 0.25) is 0 Å². The third-order valence-corrected chi connectivity index (χ3v) is 7.05. The van der Waals surface area contributed by atoms with Crippen LogP contribution < -0.4 is 10.6 Å². The fourth-order valence-electron chi connectivity index (χ4n) is 6.45. The van der Waals surface area contributed by atoms with Gasteiger partial charge in [0.15, 0.2) is 6.61 Å². The molecule has 4 aliphatic rings. The molecular formula is C22H27N3O6. The maximum Gasteiger partial charge on any atom is 0.312 e. The number of carbonyl (C=O) groups excluding carboxylic acids is 3. The van der Waals surface area contributed by atoms with Crippen LogP contribution in [0, 0.1) is 34.3 Å². The summed E-state index contributed by atoms with van der Waals surface area (Å²) in [6.45, 7) is 2.60. The Balaban J connectivity index is 1.41. The largest absolute Gasteiger partial charge is 0.455 e. The molecule has 4 aliphatic carbocycles. The second-order valence-electron chi connectivity index (χ2n) is 9.53. The maximum absolute atomic E-state index is 13.1. The molecule has 0 spiro atoms. The van der Waals surface area contributed by atoms with Gasteiger partial charge in [0.2, 0.25) is 5.91 Å². The summed E-state index contributed by atoms with van der Waals surface area (Å²) in [4.78, 5) is 47.8. The summed E-state index contributed by atoms with van der Waals surface area (Å²) in [6.07, 6.45) is 4.87. The van der Waals surface area contributed by atoms with Gasteiger partial charge in [0, 0.05) is 18.5 Å². The van der Waals surface area contributed by atoms with Gasteiger partial charge in [-0.05, 0) is 63.4 Å². The summed E-state index contributed by atoms with van der Waals surface area (Å²) >= 11 is 0. The fraction of sp³-hybridized carbons (Fsp3) is 0.591. The highest BCUT2D eigenvalue weighted by molar-refractivity contribution is 5.94. The molecule has 1 aromatic carbocycles. The van der Waals surface area contributed by atoms with E-state index in [0.29, 0.717) is 29.5 Å². The lowest BCUT2D eigenvalue weighted by Crippen LogP contribution is -2.64. The Morgan fingerprint density at radius 3 is 2.48 bits per heavy atom. The molecule has 1 aromatic rings. The van der Waals surface area contributed by atoms with Crippen LogP contribution in [-0.2, 0) is 19.1 Å². The number of hydrogen-bond donors (Lipinski definition) is 2. The number of nitrogens with one attached hydrogen (secondary N) is 2. The summed E-state index contributed by atoms with van der Waals surface area (Å²) in [5.74, 6) is -0.262. The highest BCUT2D eigenvalue weighted by Gasteiger charge is 2.61. The van der Waals surface area contributed by atoms with E-state index in [9.17, 15) is 24.5 Å². The van der Waals surface area contributed by atoms with Gasteiger partial charge in [0.1, 0.15) is 0 Å². The van der Waals surface area contributed by atoms with E-state index in [4.69, 9.17) is 4.74 Å². The smallest absolute Gasteiger partial charge is 0.312 e. The molecule has 9 nitrogen and oxygen atoms in total. The highest BCUT2D eigenvalue weighted by atomic mass is 16.6. The summed E-state index contributed by atoms with van der Waals surface area (Å²) in [6, 6.07) is 4.42. The van der Waals surface area contributed by atoms with Crippen LogP contribution in [0.3, 0.4) is 0 Å². The van der Waals surface area contributed by atoms with Crippen molar-refractivity contribution in [1.82, 2.24) is 5.32 Å². The second kappa shape index (κ2) is 7.62. The van der Waals surface area contributed by atoms with Crippen LogP contribution in [0.15, 0.2) is 18.2 Å². The summed E-state index contributed by atoms with van der Waals surface area (Å²) in [5, 5.41) is 16.8. The van der Waals surface area contributed by atoms with Crippen molar-refractivity contribution < 1.29 is 24.0 Å². The van der Waals surface area contributed by atoms with Gasteiger partial charge in [-0.15, -0.1) is 0 Å². The first-order valence-electron chi connectivity index (χ1n) is 10.6. The van der Waals surface area contributed by atoms with Crippen LogP contribution >= 0.6 is 0 Å². The SMILES string of the molecule is CC(=O)NC12C[C@@H]3C[C@@H](C1)CC(C(=O)OCC(=O)Nc1cccc([N+](=O)[O-])c1C)(C3)C2. The van der Waals surface area contributed by atoms with Gasteiger partial charge in [-0.1, -0.05) is 6.07 Å². The average Bonchev–Trinajstić information content (AvgIpc) is 2.65. The van der Waals surface area contributed by atoms with Crippen LogP contribution in [0.25, 0.3) is 0 Å². The standard InChI is InChI=1S/C22H27N3O6/c1-13-17(4-3-5-18(13)25(29)30)23-19(27)11-31-20(28)21-7-15-6-16(8-21)10-22(9-15,12-21)24-14(2)26/h3-5,15-16H,6-12H2,1-2H3,(H,23,27)(H,24,26)/t15-,16-,21?,22?/m1/s1. The number of amides is 2. The molecule has 0 aliphatic heterocycles. The van der Waals surface area contributed by atoms with Crippen molar-refractivity contribution in [3.8, 4) is 0 Å². The van der Waals surface area contributed by atoms with Gasteiger partial charge in [-0.25, -0.2) is 0 Å². The van der Waals surface area contributed by atoms with E-state index in [2.05, 4.69) is 10.6 Å². The van der Waals surface area contributed by atoms with Crippen molar-refractivity contribution in [2.24, 2.45) is 17.3 Å². The van der Waals surface area contributed by atoms with Gasteiger partial charge in [-0.3, -0.25) is 24.5 Å². The lowest BCUT2D eigenvalue weighted by molar-refractivity contribution is -0.385. The van der Waals surface area contributed by atoms with Crippen LogP contribution in [0.1, 0.15) is 51.0 Å². The minimum absolute atomic E-state index is 0.0860. The fourth-order valence-corrected chi connectivity index (χ4v) is 6.45. The Morgan fingerprint density at radius 1 is 1.19 bits per heavy atom. The van der Waals surface area contributed by atoms with Gasteiger partial charge < -0.3 is 15.4 Å². The molecule has 4 bridgehead atoms. The predicted octanol–water partition coefficient (Wildman–Crippen LogP) is 2.86. The first kappa shape index (κ1) is 21.3. The van der Waals surface area contributed by atoms with E-state index in [1.165, 1.54) is 19.1 Å². The van der Waals surface area contributed by atoms with E-state index in [-0.39, 0.29) is 23.1 Å². The quantitative estimate of drug-likeness (QED) is 0.407. The number of carbonyl (C=O) groups is 3. The molecule has 2 N–H and O–H groups in total. The Kier molecular flexibility index (Phi) is 5.23. The first-order valence-corrected chi connectivity index (χ1v) is 10.6. The zero-order chi connectivity index (χ0) is 22.4. The van der Waals surface area contributed by atoms with Gasteiger partial charge in [0.25, 0.3) is 11.6 Å². The predicted molar refractivity (Wildman–Crippen MR) is 111 cm³/mol. The number of nitro groups is 1. The van der Waals surface area contributed by atoms with Crippen molar-refractivity contribution >= 4 is 29.2 Å². The number of rotatable bonds is 6. The van der Waals surface area contributed by atoms with Crippen LogP contribution in [-0.4, -0.2) is 34.9 Å². The minimum Gasteiger partial charge on any atom is -0.455 e. The molecule has 0 saturated heterocycles. The third kappa shape index (κ3) is 4.00. The number of esters is 1. The Hall–Kier alpha value is -2.97. The monoisotopic (exact) mass is 429 g/mol. The Bertz CT molecular complexity index is 945. The molecule has 31 heavy (non-hydrogen) atoms. The van der Waals surface area contributed by atoms with E-state index in [1.54, 1.807) is 13.0 Å². The van der Waals surface area contributed by atoms with Crippen molar-refractivity contribution in [2.75, 3.05) is 11.9 Å². The number of ether oxygens (including phenoxy) is 1. The molecular weight excluding hydrogens is 402 g/mol. The molecule has 5 rings (SSSR count). The maximum atomic E-state index is 13.1. The summed E-state index contributed by atoms with van der Waals surface area (Å²) in [7, 11) is 0. The molecule has 0 heterocycles. The lowest BCUT2D eigenvalue weighted by atomic mass is 9.47. The number of benzene rings is 1. The number of hydrogen-bond acceptors (Lipinski definition) is 6. The summed E-state index contributed by atoms with van der Waals surface area (Å²) in [5.41, 5.74) is -0.447. The Morgan fingerprint density at radius 2 is 1.87 bits per heavy atom. The molecule has 166 valence electrons. The molecule has 0 aromatic heterocycles. The van der Waals surface area contributed by atoms with Gasteiger partial charge in [-0.2, -0.15) is 0 Å². The second-order valence-corrected chi connectivity index (χ2v) is 9.53. The molecule has 0 radical (unpaired) electrons. The van der Waals surface area contributed by atoms with Crippen LogP contribution in [0.5, 0.6) is 0 Å². The van der Waals surface area contributed by atoms with Crippen molar-refractivity contribution in [3.05, 3.63) is 33.9 Å². The van der Waals surface area contributed by atoms with Crippen molar-refractivity contribution in [3.63, 3.8) is 0 Å². The van der Waals surface area contributed by atoms with Crippen molar-refractivity contribution in [1.29, 1.82) is 0 Å². The zero-order valence-electron chi connectivity index (χ0n) is 17.7. The number of nitrogens with zero attached hydrogens (tertiary/aromatic N) is 1. The highest BCUT2D eigenvalue weighted by Crippen LogP contribution is 2.62. The molecule has 9 heteroatoms. The third-order valence-electron chi connectivity index (χ3n) is 7.05. The number of anilines is 1. The normalized spacial score (nSPS) is 30.5. The topological polar surface area (TPSA) is 128 Å². The van der Waals surface area contributed by atoms with E-state index in [0.717, 1.165) is 32.1 Å². The number of nitro benzene ring substituents is 1. The van der Waals surface area contributed by atoms with E-state index >= 15 is 0 Å². The molecule has 2 atom stereocenters. The van der Waals surface area contributed by atoms with E-state index < -0.39 is 22.9 Å². The Labute approximate surface area is 180 Å². The molecule has 0 unspecified atom stereocenters. The summed E-state index contributed by atoms with van der Waals surface area (Å²) < 4.78 is 5.43. The minimum atomic E-state index is -0.658. The lowest BCUT2D eigenvalue weighted by Gasteiger charge is -2.60. The first-order chi connectivity index (χ1) is 14.6. The van der Waals surface area contributed by atoms with Crippen molar-refractivity contribution in [2.45, 2.75) is 57.9 Å². The van der Waals surface area contributed by atoms with Gasteiger partial charge in [0.05, 0.1) is 21.6 Å². The van der Waals surface area contributed by atoms with Crippen LogP contribution in [0.4, 0.5) is 11.4 Å². The van der Waals surface area contributed by atoms with Gasteiger partial charge >= 0.3 is 5.97 Å². The zero-order valence-corrected chi connectivity index (χ0v) is 17.7.